The van der Waals surface area contributed by atoms with E-state index < -0.39 is 173 Å². The quantitative estimate of drug-likeness (QED) is 0.0724. The van der Waals surface area contributed by atoms with Crippen molar-refractivity contribution in [3.8, 4) is 0 Å². The zero-order valence-electron chi connectivity index (χ0n) is 66.4. The highest BCUT2D eigenvalue weighted by molar-refractivity contribution is 6.00. The molecule has 2 saturated heterocycles. The summed E-state index contributed by atoms with van der Waals surface area (Å²) in [4.78, 5) is 203. The van der Waals surface area contributed by atoms with Crippen LogP contribution < -0.4 is 21.3 Å². The number of nitrogens with zero attached hydrogens (tertiary/aromatic N) is 9. The van der Waals surface area contributed by atoms with Gasteiger partial charge < -0.3 is 79.6 Å². The minimum absolute atomic E-state index is 0.0502. The van der Waals surface area contributed by atoms with Crippen LogP contribution in [0.15, 0.2) is 12.2 Å². The average Bonchev–Trinajstić information content (AvgIpc) is 0.798. The molecular formula is C73H129N13O16. The van der Waals surface area contributed by atoms with Gasteiger partial charge in [0.05, 0.1) is 13.2 Å². The van der Waals surface area contributed by atoms with Gasteiger partial charge in [-0.2, -0.15) is 0 Å². The normalized spacial score (nSPS) is 26.4. The number of nitrogens with one attached hydrogen (secondary N) is 4. The van der Waals surface area contributed by atoms with E-state index in [9.17, 15) is 28.8 Å². The Kier molecular flexibility index (Phi) is 37.7. The topological polar surface area (TPSA) is 327 Å². The molecule has 0 aromatic rings. The van der Waals surface area contributed by atoms with E-state index in [-0.39, 0.29) is 69.7 Å². The molecular weight excluding hydrogens is 1310 g/mol. The molecule has 102 heavy (non-hydrogen) atoms. The molecule has 0 aliphatic carbocycles. The molecule has 2 rings (SSSR count). The summed E-state index contributed by atoms with van der Waals surface area (Å²) in [6.45, 7) is 32.3. The summed E-state index contributed by atoms with van der Waals surface area (Å²) < 4.78 is 17.5. The molecule has 2 aliphatic heterocycles. The van der Waals surface area contributed by atoms with Crippen molar-refractivity contribution in [2.75, 3.05) is 102 Å². The lowest BCUT2D eigenvalue weighted by molar-refractivity contribution is -0.164. The number of piperazine rings is 1. The van der Waals surface area contributed by atoms with Gasteiger partial charge in [-0.05, 0) is 109 Å². The molecule has 29 heteroatoms. The van der Waals surface area contributed by atoms with Crippen LogP contribution in [0.2, 0.25) is 0 Å². The van der Waals surface area contributed by atoms with E-state index in [1.807, 2.05) is 48.6 Å². The molecule has 4 N–H and O–H groups in total. The highest BCUT2D eigenvalue weighted by Crippen LogP contribution is 2.27. The van der Waals surface area contributed by atoms with Gasteiger partial charge in [-0.25, -0.2) is 4.79 Å². The molecule has 0 radical (unpaired) electrons. The number of allylic oxidation sites excluding steroid dienone is 2. The average molecular weight is 1440 g/mol. The third kappa shape index (κ3) is 25.8. The Bertz CT molecular complexity index is 2870. The number of amides is 12. The summed E-state index contributed by atoms with van der Waals surface area (Å²) in [6.07, 6.45) is 2.73. The second-order valence-electron chi connectivity index (χ2n) is 30.1. The molecule has 0 unspecified atom stereocenters. The van der Waals surface area contributed by atoms with E-state index >= 15 is 33.6 Å². The van der Waals surface area contributed by atoms with Gasteiger partial charge >= 0.3 is 12.1 Å². The Morgan fingerprint density at radius 3 is 1.51 bits per heavy atom. The molecule has 0 saturated carbocycles. The van der Waals surface area contributed by atoms with Crippen LogP contribution >= 0.6 is 0 Å². The fraction of sp³-hybridized carbons (Fsp3) is 0.795. The Morgan fingerprint density at radius 2 is 1.01 bits per heavy atom. The van der Waals surface area contributed by atoms with Crippen LogP contribution in [0.25, 0.3) is 0 Å². The molecule has 2 aliphatic rings. The van der Waals surface area contributed by atoms with Gasteiger partial charge in [-0.1, -0.05) is 102 Å². The summed E-state index contributed by atoms with van der Waals surface area (Å²) in [6, 6.07) is -14.6. The molecule has 0 bridgehead atoms. The van der Waals surface area contributed by atoms with Crippen LogP contribution in [0.1, 0.15) is 163 Å². The predicted octanol–water partition coefficient (Wildman–Crippen LogP) is 3.61. The molecule has 29 nitrogen and oxygen atoms in total. The minimum Gasteiger partial charge on any atom is -0.459 e. The molecule has 0 spiro atoms. The highest BCUT2D eigenvalue weighted by Gasteiger charge is 2.48. The van der Waals surface area contributed by atoms with Gasteiger partial charge in [0.15, 0.2) is 0 Å². The first-order valence-corrected chi connectivity index (χ1v) is 36.5. The van der Waals surface area contributed by atoms with E-state index in [0.29, 0.717) is 32.6 Å². The fourth-order valence-electron chi connectivity index (χ4n) is 12.9. The number of likely N-dealkylation sites (N-methyl/N-ethyl adjacent to an activating group) is 8. The minimum atomic E-state index is -1.66. The lowest BCUT2D eigenvalue weighted by Gasteiger charge is -2.42. The standard InChI is InChI=1S/C73H129N13O16/c1-27-29-30-47(13)61(102-52(18)87)60-65(91)76-53(28-2)68(94)79(20)51(17)67(93)84(25)59(48(14)41-100-37-38-101-73(99)86-35-33-78(19)34-36-86)64(90)77-57(45(9)10)71(97)80(21)54(32-31-42(3)4)63(89)74-49(15)62(88)75-50(16)66(92)81(22)55(39-43(5)6)69(95)82(23)56(40-44(7)8)70(96)83(24)58(46(11)12)72(98)85(60)26/h27,29,42-51,53-61H,28,30-41H2,1-26H3,(H,74,89)(H,75,88)(H,76,91)(H,77,90)/b29-27+/t47-,48-,49+,50-,51-,53+,54+,55+,56+,57+,58+,59+,60+,61-/m1/s1. The van der Waals surface area contributed by atoms with Crippen molar-refractivity contribution in [2.45, 2.75) is 236 Å². The van der Waals surface area contributed by atoms with Crippen LogP contribution in [0.5, 0.6) is 0 Å². The maximum Gasteiger partial charge on any atom is 0.409 e. The second kappa shape index (κ2) is 42.4. The number of carbonyl (C=O) groups excluding carboxylic acids is 13. The summed E-state index contributed by atoms with van der Waals surface area (Å²) >= 11 is 0. The maximum atomic E-state index is 15.6. The Balaban J connectivity index is 3.08. The van der Waals surface area contributed by atoms with Crippen LogP contribution in [-0.2, 0) is 71.7 Å². The number of hydrogen-bond donors (Lipinski definition) is 4. The van der Waals surface area contributed by atoms with Crippen LogP contribution in [0.4, 0.5) is 4.79 Å². The number of ether oxygens (including phenoxy) is 3. The Morgan fingerprint density at radius 1 is 0.510 bits per heavy atom. The zero-order chi connectivity index (χ0) is 78.2. The van der Waals surface area contributed by atoms with Crippen LogP contribution in [-0.4, -0.2) is 296 Å². The number of carbonyl (C=O) groups is 13. The van der Waals surface area contributed by atoms with Gasteiger partial charge in [0, 0.05) is 88.4 Å². The van der Waals surface area contributed by atoms with E-state index in [0.717, 1.165) is 21.6 Å². The van der Waals surface area contributed by atoms with E-state index in [1.165, 1.54) is 89.7 Å². The first-order valence-electron chi connectivity index (χ1n) is 36.5. The lowest BCUT2D eigenvalue weighted by atomic mass is 9.91. The van der Waals surface area contributed by atoms with Crippen molar-refractivity contribution in [2.24, 2.45) is 41.4 Å². The van der Waals surface area contributed by atoms with Crippen molar-refractivity contribution in [3.63, 3.8) is 0 Å². The molecule has 2 fully saturated rings. The molecule has 0 aromatic heterocycles. The third-order valence-electron chi connectivity index (χ3n) is 19.5. The summed E-state index contributed by atoms with van der Waals surface area (Å²) in [5.41, 5.74) is 0. The number of hydrogen-bond acceptors (Lipinski definition) is 17. The predicted molar refractivity (Wildman–Crippen MR) is 388 cm³/mol. The van der Waals surface area contributed by atoms with Gasteiger partial charge in [0.25, 0.3) is 0 Å². The summed E-state index contributed by atoms with van der Waals surface area (Å²) in [5, 5.41) is 11.1. The fourth-order valence-corrected chi connectivity index (χ4v) is 12.9. The lowest BCUT2D eigenvalue weighted by Crippen LogP contribution is -2.64. The monoisotopic (exact) mass is 1440 g/mol. The first-order chi connectivity index (χ1) is 47.4. The Hall–Kier alpha value is -7.43. The van der Waals surface area contributed by atoms with Crippen molar-refractivity contribution in [1.29, 1.82) is 0 Å². The van der Waals surface area contributed by atoms with E-state index in [1.54, 1.807) is 72.4 Å². The van der Waals surface area contributed by atoms with Crippen LogP contribution in [0, 0.1) is 41.4 Å². The van der Waals surface area contributed by atoms with Gasteiger partial charge in [0.1, 0.15) is 79.2 Å². The van der Waals surface area contributed by atoms with Gasteiger partial charge in [0.2, 0.25) is 65.0 Å². The molecule has 12 amide bonds. The van der Waals surface area contributed by atoms with E-state index in [4.69, 9.17) is 14.2 Å². The summed E-state index contributed by atoms with van der Waals surface area (Å²) in [7, 11) is 11.7. The zero-order valence-corrected chi connectivity index (χ0v) is 66.4. The largest absolute Gasteiger partial charge is 0.459 e. The van der Waals surface area contributed by atoms with Crippen molar-refractivity contribution in [3.05, 3.63) is 12.2 Å². The second-order valence-corrected chi connectivity index (χ2v) is 30.1. The number of rotatable bonds is 21. The SMILES string of the molecule is C/C=C/C[C@@H](C)[C@@H](OC(C)=O)[C@H]1C(=O)N[C@@H](CC)C(=O)N(C)[C@H](C)C(=O)N(C)[C@@H]([C@H](C)COCCOC(=O)N2CCN(C)CC2)C(=O)N[C@@H](C(C)C)C(=O)N(C)[C@@H](CCC(C)C)C(=O)N[C@@H](C)C(=O)N[C@H](C)C(=O)N(C)[C@@H](CC(C)C)C(=O)N(C)[C@@H](CC(C)C)C(=O)N(C)[C@@H](C(C)C)C(=O)N1C. The van der Waals surface area contributed by atoms with Crippen molar-refractivity contribution < 1.29 is 76.5 Å². The number of esters is 1. The first kappa shape index (κ1) is 90.7. The van der Waals surface area contributed by atoms with Crippen molar-refractivity contribution in [1.82, 2.24) is 65.4 Å². The Labute approximate surface area is 608 Å². The van der Waals surface area contributed by atoms with Gasteiger partial charge in [-0.15, -0.1) is 0 Å². The molecule has 0 aromatic carbocycles. The molecule has 14 atom stereocenters. The summed E-state index contributed by atoms with van der Waals surface area (Å²) in [5.74, 6) is -12.0. The molecule has 2 heterocycles. The molecule has 582 valence electrons. The highest BCUT2D eigenvalue weighted by atomic mass is 16.6. The van der Waals surface area contributed by atoms with Crippen LogP contribution in [0.3, 0.4) is 0 Å². The van der Waals surface area contributed by atoms with Gasteiger partial charge in [-0.3, -0.25) is 57.5 Å². The maximum absolute atomic E-state index is 15.6. The third-order valence-corrected chi connectivity index (χ3v) is 19.5. The smallest absolute Gasteiger partial charge is 0.409 e. The van der Waals surface area contributed by atoms with E-state index in [2.05, 4.69) is 26.2 Å². The van der Waals surface area contributed by atoms with Crippen molar-refractivity contribution >= 4 is 77.0 Å².